The molecule has 3 aromatic rings. The van der Waals surface area contributed by atoms with Crippen LogP contribution in [0, 0.1) is 0 Å². The molecule has 0 aliphatic carbocycles. The van der Waals surface area contributed by atoms with Gasteiger partial charge in [0.05, 0.1) is 17.7 Å². The number of ether oxygens (including phenoxy) is 3. The van der Waals surface area contributed by atoms with Crippen molar-refractivity contribution in [3.05, 3.63) is 76.7 Å². The van der Waals surface area contributed by atoms with Crippen molar-refractivity contribution in [2.45, 2.75) is 82.9 Å². The molecule has 3 N–H and O–H groups in total. The Bertz CT molecular complexity index is 1710. The van der Waals surface area contributed by atoms with Gasteiger partial charge in [0.2, 0.25) is 10.0 Å². The molecule has 2 heterocycles. The Kier molecular flexibility index (Phi) is 12.5. The first-order chi connectivity index (χ1) is 21.9. The van der Waals surface area contributed by atoms with Gasteiger partial charge in [-0.25, -0.2) is 13.2 Å². The number of carbonyl (C=O) groups is 3. The number of rotatable bonds is 14. The van der Waals surface area contributed by atoms with Gasteiger partial charge in [-0.2, -0.15) is 4.72 Å². The Morgan fingerprint density at radius 2 is 1.49 bits per heavy atom. The molecule has 256 valence electrons. The summed E-state index contributed by atoms with van der Waals surface area (Å²) in [5.41, 5.74) is -1.80. The number of nitrogens with zero attached hydrogens (tertiary/aromatic N) is 1. The van der Waals surface area contributed by atoms with Crippen molar-refractivity contribution in [3.8, 4) is 5.75 Å². The molecule has 2 amide bonds. The van der Waals surface area contributed by atoms with Gasteiger partial charge in [-0.1, -0.05) is 18.2 Å². The molecule has 0 radical (unpaired) electrons. The Morgan fingerprint density at radius 3 is 2.15 bits per heavy atom. The Balaban J connectivity index is 1.63. The number of carbonyl (C=O) groups excluding carboxylic acids is 3. The highest BCUT2D eigenvalue weighted by Gasteiger charge is 2.30. The normalized spacial score (nSPS) is 12.6. The van der Waals surface area contributed by atoms with E-state index in [1.807, 2.05) is 0 Å². The van der Waals surface area contributed by atoms with Crippen molar-refractivity contribution in [2.75, 3.05) is 19.7 Å². The van der Waals surface area contributed by atoms with E-state index in [1.54, 1.807) is 65.8 Å². The van der Waals surface area contributed by atoms with Gasteiger partial charge in [0.15, 0.2) is 0 Å². The number of hydrogen-bond donors (Lipinski definition) is 3. The summed E-state index contributed by atoms with van der Waals surface area (Å²) in [6.45, 7) is 10.7. The summed E-state index contributed by atoms with van der Waals surface area (Å²) in [4.78, 5) is 51.0. The number of benzene rings is 1. The van der Waals surface area contributed by atoms with E-state index in [4.69, 9.17) is 14.2 Å². The van der Waals surface area contributed by atoms with Crippen molar-refractivity contribution >= 4 is 33.5 Å². The average molecular weight is 673 g/mol. The van der Waals surface area contributed by atoms with Gasteiger partial charge in [-0.3, -0.25) is 18.8 Å². The zero-order chi connectivity index (χ0) is 34.8. The predicted molar refractivity (Wildman–Crippen MR) is 176 cm³/mol. The van der Waals surface area contributed by atoms with Gasteiger partial charge in [-0.05, 0) is 97.2 Å². The number of unbranched alkanes of at least 4 members (excludes halogenated alkanes) is 2. The minimum Gasteiger partial charge on any atom is -0.492 e. The van der Waals surface area contributed by atoms with Crippen molar-refractivity contribution in [3.63, 3.8) is 0 Å². The lowest BCUT2D eigenvalue weighted by Crippen LogP contribution is -2.50. The summed E-state index contributed by atoms with van der Waals surface area (Å²) in [6.07, 6.45) is 3.26. The molecule has 1 atom stereocenters. The molecule has 0 bridgehead atoms. The molecular weight excluding hydrogens is 628 g/mol. The molecule has 0 aliphatic heterocycles. The van der Waals surface area contributed by atoms with Crippen LogP contribution in [0.15, 0.2) is 70.5 Å². The van der Waals surface area contributed by atoms with E-state index in [1.165, 1.54) is 40.9 Å². The third-order valence-corrected chi connectivity index (χ3v) is 7.82. The summed E-state index contributed by atoms with van der Waals surface area (Å²) >= 11 is 0. The molecule has 1 aromatic carbocycles. The van der Waals surface area contributed by atoms with Crippen LogP contribution in [-0.4, -0.2) is 67.7 Å². The lowest BCUT2D eigenvalue weighted by atomic mass is 10.2. The van der Waals surface area contributed by atoms with Crippen molar-refractivity contribution in [1.29, 1.82) is 0 Å². The van der Waals surface area contributed by atoms with Crippen molar-refractivity contribution in [1.82, 2.24) is 19.8 Å². The van der Waals surface area contributed by atoms with E-state index in [2.05, 4.69) is 15.4 Å². The number of fused-ring (bicyclic) bond motifs is 1. The summed E-state index contributed by atoms with van der Waals surface area (Å²) in [5, 5.41) is 5.20. The maximum absolute atomic E-state index is 13.3. The first-order valence-corrected chi connectivity index (χ1v) is 16.8. The molecule has 0 saturated heterocycles. The van der Waals surface area contributed by atoms with E-state index >= 15 is 0 Å². The molecule has 0 spiro atoms. The molecular formula is C33H44N4O9S. The van der Waals surface area contributed by atoms with Crippen LogP contribution in [0.4, 0.5) is 4.79 Å². The molecule has 13 nitrogen and oxygen atoms in total. The SMILES string of the molecule is CC(C)(C)OC(=O)NCCCCCOc1ccc2ccc(C(=O)NCC(NS(=O)(=O)c3ccccc3)C(=O)OC(C)(C)C)c(=O)n2c1. The fourth-order valence-electron chi connectivity index (χ4n) is 4.22. The molecule has 2 aromatic heterocycles. The average Bonchev–Trinajstić information content (AvgIpc) is 2.97. The quantitative estimate of drug-likeness (QED) is 0.170. The van der Waals surface area contributed by atoms with Crippen LogP contribution in [0.2, 0.25) is 0 Å². The fraction of sp³-hybridized carbons (Fsp3) is 0.455. The Morgan fingerprint density at radius 1 is 0.830 bits per heavy atom. The fourth-order valence-corrected chi connectivity index (χ4v) is 5.43. The monoisotopic (exact) mass is 672 g/mol. The van der Waals surface area contributed by atoms with Gasteiger partial charge in [0.25, 0.3) is 11.5 Å². The summed E-state index contributed by atoms with van der Waals surface area (Å²) in [5.74, 6) is -1.28. The highest BCUT2D eigenvalue weighted by molar-refractivity contribution is 7.89. The number of nitrogens with one attached hydrogen (secondary N) is 3. The maximum atomic E-state index is 13.3. The Labute approximate surface area is 275 Å². The zero-order valence-electron chi connectivity index (χ0n) is 27.6. The second-order valence-corrected chi connectivity index (χ2v) is 14.5. The number of amides is 2. The molecule has 3 rings (SSSR count). The minimum atomic E-state index is -4.14. The van der Waals surface area contributed by atoms with Crippen LogP contribution in [0.3, 0.4) is 0 Å². The maximum Gasteiger partial charge on any atom is 0.407 e. The smallest absolute Gasteiger partial charge is 0.407 e. The largest absolute Gasteiger partial charge is 0.492 e. The standard InChI is InChI=1S/C33H44N4O9S/c1-32(2,3)45-30(40)27(36-47(42,43)25-13-9-7-10-14-25)21-35-28(38)26-18-16-23-15-17-24(22-37(23)29(26)39)44-20-12-8-11-19-34-31(41)46-33(4,5)6/h7,9-10,13-18,22,27,36H,8,11-12,19-21H2,1-6H3,(H,34,41)(H,35,38). The van der Waals surface area contributed by atoms with Crippen LogP contribution in [0.1, 0.15) is 71.2 Å². The highest BCUT2D eigenvalue weighted by atomic mass is 32.2. The second-order valence-electron chi connectivity index (χ2n) is 12.8. The van der Waals surface area contributed by atoms with E-state index in [9.17, 15) is 27.6 Å². The van der Waals surface area contributed by atoms with E-state index in [-0.39, 0.29) is 10.5 Å². The molecule has 0 saturated carbocycles. The third-order valence-electron chi connectivity index (χ3n) is 6.33. The molecule has 14 heteroatoms. The number of sulfonamides is 1. The van der Waals surface area contributed by atoms with Crippen LogP contribution < -0.4 is 25.7 Å². The molecule has 0 fully saturated rings. The van der Waals surface area contributed by atoms with Crippen LogP contribution in [-0.2, 0) is 24.3 Å². The van der Waals surface area contributed by atoms with Gasteiger partial charge in [0, 0.05) is 18.6 Å². The second kappa shape index (κ2) is 15.9. The van der Waals surface area contributed by atoms with E-state index in [0.717, 1.165) is 12.8 Å². The third kappa shape index (κ3) is 12.0. The first kappa shape index (κ1) is 37.0. The van der Waals surface area contributed by atoms with Gasteiger partial charge < -0.3 is 24.8 Å². The van der Waals surface area contributed by atoms with Crippen molar-refractivity contribution in [2.24, 2.45) is 0 Å². The van der Waals surface area contributed by atoms with Gasteiger partial charge in [-0.15, -0.1) is 0 Å². The van der Waals surface area contributed by atoms with Crippen LogP contribution in [0.25, 0.3) is 5.52 Å². The number of esters is 1. The number of aromatic nitrogens is 1. The lowest BCUT2D eigenvalue weighted by Gasteiger charge is -2.24. The van der Waals surface area contributed by atoms with Gasteiger partial charge in [0.1, 0.15) is 28.6 Å². The van der Waals surface area contributed by atoms with Gasteiger partial charge >= 0.3 is 12.1 Å². The Hall–Kier alpha value is -4.43. The number of pyridine rings is 2. The van der Waals surface area contributed by atoms with Crippen LogP contribution >= 0.6 is 0 Å². The molecule has 0 aliphatic rings. The lowest BCUT2D eigenvalue weighted by molar-refractivity contribution is -0.156. The van der Waals surface area contributed by atoms with Crippen molar-refractivity contribution < 1.29 is 37.0 Å². The number of alkyl carbamates (subject to hydrolysis) is 1. The molecule has 47 heavy (non-hydrogen) atoms. The number of hydrogen-bond acceptors (Lipinski definition) is 9. The summed E-state index contributed by atoms with van der Waals surface area (Å²) in [7, 11) is -4.14. The highest BCUT2D eigenvalue weighted by Crippen LogP contribution is 2.15. The van der Waals surface area contributed by atoms with E-state index in [0.29, 0.717) is 30.8 Å². The summed E-state index contributed by atoms with van der Waals surface area (Å²) < 4.78 is 45.9. The van der Waals surface area contributed by atoms with Crippen LogP contribution in [0.5, 0.6) is 5.75 Å². The molecule has 1 unspecified atom stereocenters. The predicted octanol–water partition coefficient (Wildman–Crippen LogP) is 3.79. The topological polar surface area (TPSA) is 171 Å². The summed E-state index contributed by atoms with van der Waals surface area (Å²) in [6, 6.07) is 12.3. The zero-order valence-corrected chi connectivity index (χ0v) is 28.4. The van der Waals surface area contributed by atoms with E-state index < -0.39 is 57.3 Å². The first-order valence-electron chi connectivity index (χ1n) is 15.3. The minimum absolute atomic E-state index is 0.0686.